The quantitative estimate of drug-likeness (QED) is 0.147. The molecule has 0 unspecified atom stereocenters. The first-order valence-corrected chi connectivity index (χ1v) is 26.8. The molecule has 0 saturated carbocycles. The molecule has 2 aliphatic heterocycles. The molecule has 9 aromatic carbocycles. The maximum absolute atomic E-state index is 2.71. The molecule has 0 saturated heterocycles. The van der Waals surface area contributed by atoms with Gasteiger partial charge in [0.2, 0.25) is 6.71 Å². The van der Waals surface area contributed by atoms with Crippen LogP contribution in [0.1, 0.15) is 103 Å². The SMILES string of the molecule is CC1(C)CCC(C)(C)c2cc(N3c4cc5c(cc4B4c6ccc(N(c7ccccc7)c7ccccc7)cc6-c6cc(-c7c(-c8ccccc8)cccc7-c7ccccc7)cc3c64)C(C)(C)CCC5(C)C)ccc21. The minimum absolute atomic E-state index is 0.0285. The number of benzene rings is 9. The van der Waals surface area contributed by atoms with Gasteiger partial charge >= 0.3 is 0 Å². The predicted molar refractivity (Wildman–Crippen MR) is 313 cm³/mol. The molecule has 0 spiro atoms. The van der Waals surface area contributed by atoms with E-state index < -0.39 is 0 Å². The number of hydrogen-bond acceptors (Lipinski definition) is 2. The third-order valence-corrected chi connectivity index (χ3v) is 17.8. The van der Waals surface area contributed by atoms with Crippen molar-refractivity contribution in [3.8, 4) is 44.5 Å². The van der Waals surface area contributed by atoms with Crippen LogP contribution in [0.5, 0.6) is 0 Å². The summed E-state index contributed by atoms with van der Waals surface area (Å²) in [5, 5.41) is 0. The molecule has 0 N–H and O–H groups in total. The number of rotatable bonds is 7. The molecule has 73 heavy (non-hydrogen) atoms. The molecule has 2 aliphatic carbocycles. The summed E-state index contributed by atoms with van der Waals surface area (Å²) in [4.78, 5) is 5.14. The van der Waals surface area contributed by atoms with Crippen LogP contribution in [-0.2, 0) is 21.7 Å². The Labute approximate surface area is 434 Å². The maximum atomic E-state index is 2.71. The van der Waals surface area contributed by atoms with Crippen LogP contribution >= 0.6 is 0 Å². The topological polar surface area (TPSA) is 6.48 Å². The Balaban J connectivity index is 1.16. The zero-order valence-corrected chi connectivity index (χ0v) is 43.9. The van der Waals surface area contributed by atoms with E-state index in [0.717, 1.165) is 29.9 Å². The van der Waals surface area contributed by atoms with Gasteiger partial charge in [0.15, 0.2) is 0 Å². The summed E-state index contributed by atoms with van der Waals surface area (Å²) in [5.74, 6) is 0. The van der Waals surface area contributed by atoms with Crippen molar-refractivity contribution in [3.05, 3.63) is 222 Å². The number of hydrogen-bond donors (Lipinski definition) is 0. The Morgan fingerprint density at radius 3 is 1.42 bits per heavy atom. The first-order valence-electron chi connectivity index (χ1n) is 26.8. The van der Waals surface area contributed by atoms with E-state index in [2.05, 4.69) is 265 Å². The van der Waals surface area contributed by atoms with Gasteiger partial charge in [-0.2, -0.15) is 0 Å². The van der Waals surface area contributed by atoms with Crippen LogP contribution in [0.25, 0.3) is 44.5 Å². The van der Waals surface area contributed by atoms with Gasteiger partial charge in [-0.3, -0.25) is 0 Å². The maximum Gasteiger partial charge on any atom is 0.248 e. The number of anilines is 6. The zero-order valence-electron chi connectivity index (χ0n) is 43.9. The summed E-state index contributed by atoms with van der Waals surface area (Å²) in [6, 6.07) is 76.1. The van der Waals surface area contributed by atoms with Gasteiger partial charge in [0.1, 0.15) is 0 Å². The molecule has 3 heteroatoms. The second kappa shape index (κ2) is 16.6. The van der Waals surface area contributed by atoms with Crippen LogP contribution < -0.4 is 26.2 Å². The summed E-state index contributed by atoms with van der Waals surface area (Å²) in [6.45, 7) is 19.8. The van der Waals surface area contributed by atoms with Crippen LogP contribution in [0.15, 0.2) is 200 Å². The molecule has 0 aromatic heterocycles. The average Bonchev–Trinajstić information content (AvgIpc) is 3.74. The monoisotopic (exact) mass is 945 g/mol. The first kappa shape index (κ1) is 45.5. The fourth-order valence-electron chi connectivity index (χ4n) is 13.5. The largest absolute Gasteiger partial charge is 0.311 e. The van der Waals surface area contributed by atoms with Gasteiger partial charge in [-0.15, -0.1) is 0 Å². The Hall–Kier alpha value is -7.36. The van der Waals surface area contributed by atoms with E-state index in [4.69, 9.17) is 0 Å². The molecule has 9 aromatic rings. The molecule has 2 heterocycles. The van der Waals surface area contributed by atoms with E-state index in [-0.39, 0.29) is 28.4 Å². The number of para-hydroxylation sites is 2. The number of nitrogens with zero attached hydrogens (tertiary/aromatic N) is 2. The molecule has 13 rings (SSSR count). The molecule has 0 bridgehead atoms. The lowest BCUT2D eigenvalue weighted by Crippen LogP contribution is -2.55. The van der Waals surface area contributed by atoms with E-state index in [1.807, 2.05) is 0 Å². The lowest BCUT2D eigenvalue weighted by atomic mass is 9.36. The average molecular weight is 945 g/mol. The lowest BCUT2D eigenvalue weighted by Gasteiger charge is -2.45. The van der Waals surface area contributed by atoms with Crippen molar-refractivity contribution in [1.82, 2.24) is 0 Å². The van der Waals surface area contributed by atoms with Crippen LogP contribution in [0, 0.1) is 0 Å². The Morgan fingerprint density at radius 1 is 0.356 bits per heavy atom. The summed E-state index contributed by atoms with van der Waals surface area (Å²) in [6.07, 6.45) is 4.67. The van der Waals surface area contributed by atoms with Gasteiger partial charge in [0, 0.05) is 34.1 Å². The molecule has 2 nitrogen and oxygen atoms in total. The second-order valence-corrected chi connectivity index (χ2v) is 24.2. The smallest absolute Gasteiger partial charge is 0.248 e. The highest BCUT2D eigenvalue weighted by Crippen LogP contribution is 2.53. The van der Waals surface area contributed by atoms with Crippen molar-refractivity contribution in [3.63, 3.8) is 0 Å². The third-order valence-electron chi connectivity index (χ3n) is 17.8. The fraction of sp³-hybridized carbons (Fsp3) is 0.229. The summed E-state index contributed by atoms with van der Waals surface area (Å²) < 4.78 is 0. The van der Waals surface area contributed by atoms with Gasteiger partial charge in [0.25, 0.3) is 0 Å². The molecule has 0 radical (unpaired) electrons. The summed E-state index contributed by atoms with van der Waals surface area (Å²) >= 11 is 0. The Kier molecular flexibility index (Phi) is 10.3. The standard InChI is InChI=1S/C70H65BN2/c1-67(2)36-37-68(3,4)58-43-52(32-34-57(58)67)73-63-45-60-59(69(5,6)38-39-70(60,7)8)44-62(63)71-61-35-33-51(72(49-26-17-11-18-27-49)50-28-19-12-20-29-50)42-55(61)56-40-48(41-64(73)66(56)71)65-53(46-22-13-9-14-23-46)30-21-31-54(65)47-24-15-10-16-25-47/h9-35,40-45H,36-39H2,1-8H3. The van der Waals surface area contributed by atoms with Gasteiger partial charge in [-0.1, -0.05) is 194 Å². The highest BCUT2D eigenvalue weighted by atomic mass is 15.2. The van der Waals surface area contributed by atoms with Gasteiger partial charge in [-0.05, 0) is 192 Å². The van der Waals surface area contributed by atoms with Crippen LogP contribution in [0.2, 0.25) is 0 Å². The van der Waals surface area contributed by atoms with E-state index in [1.165, 1.54) is 113 Å². The summed E-state index contributed by atoms with van der Waals surface area (Å²) in [5.41, 5.74) is 27.6. The molecule has 358 valence electrons. The zero-order chi connectivity index (χ0) is 50.0. The minimum Gasteiger partial charge on any atom is -0.311 e. The normalized spacial score (nSPS) is 16.9. The second-order valence-electron chi connectivity index (χ2n) is 24.2. The van der Waals surface area contributed by atoms with Crippen LogP contribution in [-0.4, -0.2) is 6.71 Å². The third kappa shape index (κ3) is 7.28. The number of fused-ring (bicyclic) bond motifs is 7. The highest BCUT2D eigenvalue weighted by molar-refractivity contribution is 7.01. The first-order chi connectivity index (χ1) is 35.2. The van der Waals surface area contributed by atoms with E-state index in [0.29, 0.717) is 0 Å². The molecule has 4 aliphatic rings. The van der Waals surface area contributed by atoms with Crippen LogP contribution in [0.4, 0.5) is 34.1 Å². The van der Waals surface area contributed by atoms with Crippen molar-refractivity contribution in [2.24, 2.45) is 0 Å². The molecule has 0 fully saturated rings. The molecule has 0 amide bonds. The molecule has 0 atom stereocenters. The van der Waals surface area contributed by atoms with Crippen molar-refractivity contribution < 1.29 is 0 Å². The highest BCUT2D eigenvalue weighted by Gasteiger charge is 2.47. The fourth-order valence-corrected chi connectivity index (χ4v) is 13.5. The van der Waals surface area contributed by atoms with Gasteiger partial charge in [0.05, 0.1) is 0 Å². The van der Waals surface area contributed by atoms with Crippen LogP contribution in [0.3, 0.4) is 0 Å². The van der Waals surface area contributed by atoms with Crippen molar-refractivity contribution >= 4 is 57.2 Å². The van der Waals surface area contributed by atoms with Gasteiger partial charge in [-0.25, -0.2) is 0 Å². The summed E-state index contributed by atoms with van der Waals surface area (Å²) in [7, 11) is 0. The predicted octanol–water partition coefficient (Wildman–Crippen LogP) is 17.1. The Bertz CT molecular complexity index is 3530. The van der Waals surface area contributed by atoms with E-state index in [1.54, 1.807) is 0 Å². The van der Waals surface area contributed by atoms with E-state index in [9.17, 15) is 0 Å². The van der Waals surface area contributed by atoms with Crippen molar-refractivity contribution in [2.45, 2.75) is 103 Å². The van der Waals surface area contributed by atoms with Gasteiger partial charge < -0.3 is 9.80 Å². The molecular weight excluding hydrogens is 880 g/mol. The Morgan fingerprint density at radius 2 is 0.863 bits per heavy atom. The minimum atomic E-state index is 0.0285. The van der Waals surface area contributed by atoms with E-state index >= 15 is 0 Å². The van der Waals surface area contributed by atoms with Crippen molar-refractivity contribution in [2.75, 3.05) is 9.80 Å². The molecular formula is C70H65BN2. The lowest BCUT2D eigenvalue weighted by molar-refractivity contribution is 0.332. The van der Waals surface area contributed by atoms with Crippen molar-refractivity contribution in [1.29, 1.82) is 0 Å².